The monoisotopic (exact) mass is 233 g/mol. The van der Waals surface area contributed by atoms with Crippen LogP contribution in [0.1, 0.15) is 64.2 Å². The Balaban J connectivity index is 1.75. The maximum atomic E-state index is 5.35. The van der Waals surface area contributed by atoms with E-state index in [0.29, 0.717) is 0 Å². The average molecular weight is 233 g/mol. The van der Waals surface area contributed by atoms with Crippen molar-refractivity contribution >= 4 is 0 Å². The van der Waals surface area contributed by atoms with Crippen LogP contribution >= 0.6 is 0 Å². The molecule has 96 valence electrons. The maximum absolute atomic E-state index is 5.35. The van der Waals surface area contributed by atoms with E-state index in [-0.39, 0.29) is 0 Å². The zero-order valence-corrected chi connectivity index (χ0v) is 11.1. The number of hydrogen-bond acceptors (Lipinski definition) is 1. The number of hydrogen-bond donors (Lipinski definition) is 1. The first kappa shape index (κ1) is 13.0. The van der Waals surface area contributed by atoms with Gasteiger partial charge in [-0.2, -0.15) is 0 Å². The summed E-state index contributed by atoms with van der Waals surface area (Å²) >= 11 is 0. The summed E-state index contributed by atoms with van der Waals surface area (Å²) in [4.78, 5) is 0. The molecule has 2 fully saturated rings. The van der Waals surface area contributed by atoms with Gasteiger partial charge in [0.05, 0.1) is 0 Å². The fourth-order valence-corrected chi connectivity index (χ4v) is 3.18. The predicted molar refractivity (Wildman–Crippen MR) is 73.8 cm³/mol. The van der Waals surface area contributed by atoms with E-state index in [9.17, 15) is 0 Å². The van der Waals surface area contributed by atoms with Crippen LogP contribution in [0, 0.1) is 24.2 Å². The second-order valence-corrected chi connectivity index (χ2v) is 5.94. The Morgan fingerprint density at radius 1 is 1.00 bits per heavy atom. The molecule has 2 aliphatic carbocycles. The molecule has 2 unspecified atom stereocenters. The van der Waals surface area contributed by atoms with E-state index in [2.05, 4.69) is 11.2 Å². The van der Waals surface area contributed by atoms with Crippen LogP contribution in [0.3, 0.4) is 0 Å². The molecule has 0 aliphatic heterocycles. The van der Waals surface area contributed by atoms with Crippen molar-refractivity contribution in [2.75, 3.05) is 6.54 Å². The van der Waals surface area contributed by atoms with Crippen molar-refractivity contribution in [3.8, 4) is 12.3 Å². The van der Waals surface area contributed by atoms with Gasteiger partial charge < -0.3 is 5.32 Å². The molecular formula is C16H27N. The van der Waals surface area contributed by atoms with Crippen molar-refractivity contribution in [2.45, 2.75) is 70.3 Å². The Bertz CT molecular complexity index is 249. The SMILES string of the molecule is C#CCCCC1CCCCCC1CNC1CC1. The summed E-state index contributed by atoms with van der Waals surface area (Å²) in [5, 5.41) is 3.73. The fourth-order valence-electron chi connectivity index (χ4n) is 3.18. The molecule has 0 radical (unpaired) electrons. The highest BCUT2D eigenvalue weighted by atomic mass is 14.9. The molecule has 0 heterocycles. The van der Waals surface area contributed by atoms with Crippen molar-refractivity contribution in [2.24, 2.45) is 11.8 Å². The van der Waals surface area contributed by atoms with Crippen LogP contribution in [0.4, 0.5) is 0 Å². The fraction of sp³-hybridized carbons (Fsp3) is 0.875. The quantitative estimate of drug-likeness (QED) is 0.419. The summed E-state index contributed by atoms with van der Waals surface area (Å²) < 4.78 is 0. The van der Waals surface area contributed by atoms with E-state index < -0.39 is 0 Å². The van der Waals surface area contributed by atoms with Crippen LogP contribution in [0.2, 0.25) is 0 Å². The Kier molecular flexibility index (Phi) is 5.39. The third-order valence-electron chi connectivity index (χ3n) is 4.46. The van der Waals surface area contributed by atoms with Gasteiger partial charge in [0, 0.05) is 12.5 Å². The molecule has 1 heteroatoms. The molecule has 0 spiro atoms. The molecule has 0 bridgehead atoms. The predicted octanol–water partition coefficient (Wildman–Crippen LogP) is 3.74. The Morgan fingerprint density at radius 2 is 1.76 bits per heavy atom. The third kappa shape index (κ3) is 4.72. The minimum absolute atomic E-state index is 0.865. The summed E-state index contributed by atoms with van der Waals surface area (Å²) in [6.07, 6.45) is 19.0. The van der Waals surface area contributed by atoms with Crippen molar-refractivity contribution in [3.63, 3.8) is 0 Å². The van der Waals surface area contributed by atoms with Crippen LogP contribution in [0.5, 0.6) is 0 Å². The zero-order chi connectivity index (χ0) is 11.9. The molecule has 2 aliphatic rings. The van der Waals surface area contributed by atoms with E-state index >= 15 is 0 Å². The highest BCUT2D eigenvalue weighted by Crippen LogP contribution is 2.32. The van der Waals surface area contributed by atoms with Gasteiger partial charge in [-0.05, 0) is 50.5 Å². The van der Waals surface area contributed by atoms with Crippen LogP contribution < -0.4 is 5.32 Å². The van der Waals surface area contributed by atoms with Gasteiger partial charge in [-0.25, -0.2) is 0 Å². The number of rotatable bonds is 6. The van der Waals surface area contributed by atoms with Crippen LogP contribution in [-0.4, -0.2) is 12.6 Å². The van der Waals surface area contributed by atoms with Crippen LogP contribution in [-0.2, 0) is 0 Å². The summed E-state index contributed by atoms with van der Waals surface area (Å²) in [7, 11) is 0. The smallest absolute Gasteiger partial charge is 0.00861 e. The van der Waals surface area contributed by atoms with E-state index in [1.807, 2.05) is 0 Å². The first-order valence-corrected chi connectivity index (χ1v) is 7.57. The molecule has 0 aromatic rings. The Hall–Kier alpha value is -0.480. The number of terminal acetylenes is 1. The van der Waals surface area contributed by atoms with Gasteiger partial charge in [-0.15, -0.1) is 12.3 Å². The lowest BCUT2D eigenvalue weighted by Gasteiger charge is -2.25. The molecule has 0 amide bonds. The van der Waals surface area contributed by atoms with Crippen molar-refractivity contribution < 1.29 is 0 Å². The van der Waals surface area contributed by atoms with Gasteiger partial charge in [0.1, 0.15) is 0 Å². The molecule has 0 aromatic heterocycles. The van der Waals surface area contributed by atoms with Gasteiger partial charge in [0.15, 0.2) is 0 Å². The van der Waals surface area contributed by atoms with Crippen molar-refractivity contribution in [1.29, 1.82) is 0 Å². The standard InChI is InChI=1S/C16H27N/c1-2-3-5-8-14-9-6-4-7-10-15(14)13-17-16-11-12-16/h1,14-17H,3-13H2. The lowest BCUT2D eigenvalue weighted by atomic mass is 9.84. The lowest BCUT2D eigenvalue weighted by Crippen LogP contribution is -2.29. The first-order chi connectivity index (χ1) is 8.40. The minimum atomic E-state index is 0.865. The summed E-state index contributed by atoms with van der Waals surface area (Å²) in [6.45, 7) is 1.27. The van der Waals surface area contributed by atoms with E-state index in [1.165, 1.54) is 64.3 Å². The molecular weight excluding hydrogens is 206 g/mol. The lowest BCUT2D eigenvalue weighted by molar-refractivity contribution is 0.278. The van der Waals surface area contributed by atoms with Gasteiger partial charge in [-0.3, -0.25) is 0 Å². The second-order valence-electron chi connectivity index (χ2n) is 5.94. The molecule has 2 atom stereocenters. The van der Waals surface area contributed by atoms with E-state index in [1.54, 1.807) is 0 Å². The average Bonchev–Trinajstić information content (AvgIpc) is 3.14. The third-order valence-corrected chi connectivity index (χ3v) is 4.46. The van der Waals surface area contributed by atoms with Gasteiger partial charge >= 0.3 is 0 Å². The van der Waals surface area contributed by atoms with Gasteiger partial charge in [0.25, 0.3) is 0 Å². The highest BCUT2D eigenvalue weighted by molar-refractivity contribution is 4.86. The molecule has 2 rings (SSSR count). The van der Waals surface area contributed by atoms with E-state index in [4.69, 9.17) is 6.42 Å². The first-order valence-electron chi connectivity index (χ1n) is 7.57. The molecule has 17 heavy (non-hydrogen) atoms. The summed E-state index contributed by atoms with van der Waals surface area (Å²) in [5.74, 6) is 4.65. The second kappa shape index (κ2) is 7.07. The Labute approximate surface area is 107 Å². The van der Waals surface area contributed by atoms with Gasteiger partial charge in [0.2, 0.25) is 0 Å². The minimum Gasteiger partial charge on any atom is -0.314 e. The molecule has 2 saturated carbocycles. The maximum Gasteiger partial charge on any atom is 0.00861 e. The molecule has 1 N–H and O–H groups in total. The van der Waals surface area contributed by atoms with Crippen molar-refractivity contribution in [1.82, 2.24) is 5.32 Å². The number of unbranched alkanes of at least 4 members (excludes halogenated alkanes) is 1. The Morgan fingerprint density at radius 3 is 2.47 bits per heavy atom. The normalized spacial score (nSPS) is 29.6. The summed E-state index contributed by atoms with van der Waals surface area (Å²) in [5.41, 5.74) is 0. The zero-order valence-electron chi connectivity index (χ0n) is 11.1. The largest absolute Gasteiger partial charge is 0.314 e. The number of nitrogens with one attached hydrogen (secondary N) is 1. The van der Waals surface area contributed by atoms with Crippen LogP contribution in [0.25, 0.3) is 0 Å². The summed E-state index contributed by atoms with van der Waals surface area (Å²) in [6, 6.07) is 0.865. The molecule has 0 aromatic carbocycles. The molecule has 0 saturated heterocycles. The molecule has 1 nitrogen and oxygen atoms in total. The van der Waals surface area contributed by atoms with E-state index in [0.717, 1.165) is 24.3 Å². The van der Waals surface area contributed by atoms with Gasteiger partial charge in [-0.1, -0.05) is 25.7 Å². The highest BCUT2D eigenvalue weighted by Gasteiger charge is 2.26. The van der Waals surface area contributed by atoms with Crippen LogP contribution in [0.15, 0.2) is 0 Å². The topological polar surface area (TPSA) is 12.0 Å². The van der Waals surface area contributed by atoms with Crippen molar-refractivity contribution in [3.05, 3.63) is 0 Å².